The van der Waals surface area contributed by atoms with Crippen molar-refractivity contribution in [3.05, 3.63) is 47.9 Å². The standard InChI is InChI=1S/C21H24F2N2O5/c1-28-18-13-14(4-5-16(18)30-21(22)23)6-9-24-19(26)15-7-10-25(11-8-15)20(27)17-3-2-12-29-17/h2-5,12-13,15,21H,6-11H2,1H3,(H,24,26). The van der Waals surface area contributed by atoms with Crippen LogP contribution in [-0.4, -0.2) is 50.1 Å². The van der Waals surface area contributed by atoms with Crippen LogP contribution in [0.2, 0.25) is 0 Å². The van der Waals surface area contributed by atoms with Gasteiger partial charge in [-0.2, -0.15) is 8.78 Å². The molecule has 0 atom stereocenters. The molecule has 1 aromatic heterocycles. The molecule has 1 N–H and O–H groups in total. The zero-order valence-corrected chi connectivity index (χ0v) is 16.6. The van der Waals surface area contributed by atoms with Crippen LogP contribution in [0.15, 0.2) is 41.0 Å². The van der Waals surface area contributed by atoms with Crippen LogP contribution in [0.4, 0.5) is 8.78 Å². The van der Waals surface area contributed by atoms with Gasteiger partial charge in [0.25, 0.3) is 5.91 Å². The lowest BCUT2D eigenvalue weighted by atomic mass is 9.95. The summed E-state index contributed by atoms with van der Waals surface area (Å²) >= 11 is 0. The Morgan fingerprint density at radius 2 is 2.00 bits per heavy atom. The zero-order valence-electron chi connectivity index (χ0n) is 16.6. The van der Waals surface area contributed by atoms with Gasteiger partial charge < -0.3 is 24.1 Å². The maximum atomic E-state index is 12.4. The maximum Gasteiger partial charge on any atom is 0.387 e. The molecule has 1 aliphatic rings. The quantitative estimate of drug-likeness (QED) is 0.707. The molecule has 1 aromatic carbocycles. The summed E-state index contributed by atoms with van der Waals surface area (Å²) in [4.78, 5) is 26.4. The third-order valence-corrected chi connectivity index (χ3v) is 5.04. The molecule has 1 fully saturated rings. The predicted molar refractivity (Wildman–Crippen MR) is 104 cm³/mol. The smallest absolute Gasteiger partial charge is 0.387 e. The number of rotatable bonds is 8. The van der Waals surface area contributed by atoms with E-state index in [4.69, 9.17) is 9.15 Å². The molecular formula is C21H24F2N2O5. The van der Waals surface area contributed by atoms with Gasteiger partial charge in [0, 0.05) is 25.6 Å². The molecule has 1 aliphatic heterocycles. The summed E-state index contributed by atoms with van der Waals surface area (Å²) in [6.07, 6.45) is 3.16. The van der Waals surface area contributed by atoms with Crippen molar-refractivity contribution in [1.29, 1.82) is 0 Å². The first-order valence-corrected chi connectivity index (χ1v) is 9.70. The molecule has 7 nitrogen and oxygen atoms in total. The summed E-state index contributed by atoms with van der Waals surface area (Å²) < 4.78 is 39.4. The first-order valence-electron chi connectivity index (χ1n) is 9.70. The van der Waals surface area contributed by atoms with Crippen LogP contribution < -0.4 is 14.8 Å². The van der Waals surface area contributed by atoms with Crippen LogP contribution in [-0.2, 0) is 11.2 Å². The van der Waals surface area contributed by atoms with Crippen molar-refractivity contribution >= 4 is 11.8 Å². The minimum Gasteiger partial charge on any atom is -0.493 e. The number of halogens is 2. The summed E-state index contributed by atoms with van der Waals surface area (Å²) in [7, 11) is 1.38. The molecule has 2 heterocycles. The third-order valence-electron chi connectivity index (χ3n) is 5.04. The topological polar surface area (TPSA) is 81.0 Å². The molecule has 9 heteroatoms. The van der Waals surface area contributed by atoms with E-state index >= 15 is 0 Å². The number of nitrogens with zero attached hydrogens (tertiary/aromatic N) is 1. The monoisotopic (exact) mass is 422 g/mol. The fourth-order valence-electron chi connectivity index (χ4n) is 3.44. The number of nitrogens with one attached hydrogen (secondary N) is 1. The number of ether oxygens (including phenoxy) is 2. The number of furan rings is 1. The van der Waals surface area contributed by atoms with Gasteiger partial charge in [-0.3, -0.25) is 9.59 Å². The lowest BCUT2D eigenvalue weighted by Crippen LogP contribution is -2.43. The number of hydrogen-bond acceptors (Lipinski definition) is 5. The predicted octanol–water partition coefficient (Wildman–Crippen LogP) is 3.10. The zero-order chi connectivity index (χ0) is 21.5. The first-order chi connectivity index (χ1) is 14.5. The van der Waals surface area contributed by atoms with Crippen molar-refractivity contribution in [3.8, 4) is 11.5 Å². The van der Waals surface area contributed by atoms with Gasteiger partial charge in [-0.1, -0.05) is 6.07 Å². The number of methoxy groups -OCH3 is 1. The SMILES string of the molecule is COc1cc(CCNC(=O)C2CCN(C(=O)c3ccco3)CC2)ccc1OC(F)F. The Kier molecular flexibility index (Phi) is 7.26. The van der Waals surface area contributed by atoms with Crippen LogP contribution in [0.5, 0.6) is 11.5 Å². The maximum absolute atomic E-state index is 12.4. The van der Waals surface area contributed by atoms with Crippen molar-refractivity contribution in [1.82, 2.24) is 10.2 Å². The molecule has 0 aliphatic carbocycles. The highest BCUT2D eigenvalue weighted by molar-refractivity contribution is 5.91. The number of carbonyl (C=O) groups is 2. The number of piperidine rings is 1. The van der Waals surface area contributed by atoms with Crippen molar-refractivity contribution in [2.24, 2.45) is 5.92 Å². The lowest BCUT2D eigenvalue weighted by Gasteiger charge is -2.30. The van der Waals surface area contributed by atoms with Gasteiger partial charge in [-0.15, -0.1) is 0 Å². The highest BCUT2D eigenvalue weighted by atomic mass is 19.3. The second kappa shape index (κ2) is 10.1. The summed E-state index contributed by atoms with van der Waals surface area (Å²) in [6, 6.07) is 7.99. The molecule has 162 valence electrons. The molecule has 0 saturated carbocycles. The van der Waals surface area contributed by atoms with Crippen LogP contribution in [0, 0.1) is 5.92 Å². The summed E-state index contributed by atoms with van der Waals surface area (Å²) in [5, 5.41) is 2.90. The van der Waals surface area contributed by atoms with Crippen LogP contribution in [0.1, 0.15) is 29.0 Å². The first kappa shape index (κ1) is 21.6. The van der Waals surface area contributed by atoms with Crippen molar-refractivity contribution in [2.45, 2.75) is 25.9 Å². The van der Waals surface area contributed by atoms with Crippen molar-refractivity contribution in [2.75, 3.05) is 26.7 Å². The van der Waals surface area contributed by atoms with Crippen molar-refractivity contribution < 1.29 is 32.3 Å². The summed E-state index contributed by atoms with van der Waals surface area (Å²) in [6.45, 7) is -1.52. The Balaban J connectivity index is 1.43. The number of alkyl halides is 2. The van der Waals surface area contributed by atoms with E-state index in [0.29, 0.717) is 44.7 Å². The number of hydrogen-bond donors (Lipinski definition) is 1. The fourth-order valence-corrected chi connectivity index (χ4v) is 3.44. The molecule has 0 spiro atoms. The van der Waals surface area contributed by atoms with Crippen molar-refractivity contribution in [3.63, 3.8) is 0 Å². The van der Waals surface area contributed by atoms with E-state index in [1.165, 1.54) is 19.4 Å². The molecule has 0 radical (unpaired) electrons. The Morgan fingerprint density at radius 1 is 1.23 bits per heavy atom. The number of likely N-dealkylation sites (tertiary alicyclic amines) is 1. The molecular weight excluding hydrogens is 398 g/mol. The fraction of sp³-hybridized carbons (Fsp3) is 0.429. The highest BCUT2D eigenvalue weighted by Gasteiger charge is 2.28. The Bertz CT molecular complexity index is 849. The van der Waals surface area contributed by atoms with Crippen LogP contribution in [0.25, 0.3) is 0 Å². The van der Waals surface area contributed by atoms with Gasteiger partial charge in [-0.05, 0) is 49.1 Å². The van der Waals surface area contributed by atoms with Gasteiger partial charge in [0.2, 0.25) is 5.91 Å². The molecule has 1 saturated heterocycles. The molecule has 2 aromatic rings. The van der Waals surface area contributed by atoms with E-state index in [-0.39, 0.29) is 29.2 Å². The number of amides is 2. The summed E-state index contributed by atoms with van der Waals surface area (Å²) in [5.41, 5.74) is 0.827. The normalized spacial score (nSPS) is 14.6. The van der Waals surface area contributed by atoms with E-state index in [0.717, 1.165) is 5.56 Å². The van der Waals surface area contributed by atoms with E-state index in [1.807, 2.05) is 0 Å². The largest absolute Gasteiger partial charge is 0.493 e. The minimum absolute atomic E-state index is 0.0314. The number of benzene rings is 1. The van der Waals surface area contributed by atoms with E-state index in [2.05, 4.69) is 10.1 Å². The van der Waals surface area contributed by atoms with E-state index < -0.39 is 6.61 Å². The minimum atomic E-state index is -2.93. The molecule has 3 rings (SSSR count). The van der Waals surface area contributed by atoms with Gasteiger partial charge in [-0.25, -0.2) is 0 Å². The number of carbonyl (C=O) groups excluding carboxylic acids is 2. The van der Waals surface area contributed by atoms with E-state index in [9.17, 15) is 18.4 Å². The molecule has 30 heavy (non-hydrogen) atoms. The van der Waals surface area contributed by atoms with Crippen LogP contribution >= 0.6 is 0 Å². The van der Waals surface area contributed by atoms with Gasteiger partial charge >= 0.3 is 6.61 Å². The Labute approximate surface area is 172 Å². The second-order valence-corrected chi connectivity index (χ2v) is 6.95. The molecule has 0 unspecified atom stereocenters. The lowest BCUT2D eigenvalue weighted by molar-refractivity contribution is -0.126. The average Bonchev–Trinajstić information content (AvgIpc) is 3.28. The Hall–Kier alpha value is -3.10. The second-order valence-electron chi connectivity index (χ2n) is 6.95. The Morgan fingerprint density at radius 3 is 2.63 bits per heavy atom. The molecule has 2 amide bonds. The van der Waals surface area contributed by atoms with Gasteiger partial charge in [0.1, 0.15) is 0 Å². The van der Waals surface area contributed by atoms with Crippen LogP contribution in [0.3, 0.4) is 0 Å². The van der Waals surface area contributed by atoms with Gasteiger partial charge in [0.05, 0.1) is 13.4 Å². The third kappa shape index (κ3) is 5.49. The van der Waals surface area contributed by atoms with E-state index in [1.54, 1.807) is 29.2 Å². The summed E-state index contributed by atoms with van der Waals surface area (Å²) in [5.74, 6) is 0.126. The molecule has 0 bridgehead atoms. The average molecular weight is 422 g/mol. The highest BCUT2D eigenvalue weighted by Crippen LogP contribution is 2.29. The van der Waals surface area contributed by atoms with Gasteiger partial charge in [0.15, 0.2) is 17.3 Å².